The van der Waals surface area contributed by atoms with Crippen molar-refractivity contribution in [2.45, 2.75) is 6.54 Å². The largest absolute Gasteiger partial charge is 0.370 e. The Morgan fingerprint density at radius 3 is 2.62 bits per heavy atom. The van der Waals surface area contributed by atoms with Crippen LogP contribution in [0.5, 0.6) is 0 Å². The lowest BCUT2D eigenvalue weighted by Gasteiger charge is -2.17. The third kappa shape index (κ3) is 3.82. The van der Waals surface area contributed by atoms with Crippen LogP contribution < -0.4 is 10.2 Å². The first-order valence-electron chi connectivity index (χ1n) is 7.66. The quantitative estimate of drug-likeness (QED) is 0.721. The molecule has 0 bridgehead atoms. The first-order chi connectivity index (χ1) is 12.6. The normalized spacial score (nSPS) is 10.2. The van der Waals surface area contributed by atoms with Crippen molar-refractivity contribution >= 4 is 39.7 Å². The minimum atomic E-state index is -0.101. The van der Waals surface area contributed by atoms with Gasteiger partial charge in [0.15, 0.2) is 5.15 Å². The first kappa shape index (κ1) is 17.9. The number of amides is 1. The first-order valence-corrected chi connectivity index (χ1v) is 8.81. The molecule has 3 rings (SSSR count). The molecular formula is C18H14ClN5OS. The smallest absolute Gasteiger partial charge is 0.258 e. The van der Waals surface area contributed by atoms with Crippen molar-refractivity contribution < 1.29 is 4.79 Å². The maximum atomic E-state index is 12.5. The van der Waals surface area contributed by atoms with Gasteiger partial charge in [0.05, 0.1) is 0 Å². The molecule has 0 aliphatic rings. The maximum Gasteiger partial charge on any atom is 0.258 e. The molecular weight excluding hydrogens is 370 g/mol. The molecule has 8 heteroatoms. The minimum Gasteiger partial charge on any atom is -0.370 e. The van der Waals surface area contributed by atoms with Gasteiger partial charge in [-0.3, -0.25) is 9.78 Å². The third-order valence-corrected chi connectivity index (χ3v) is 4.95. The molecule has 6 nitrogen and oxygen atoms in total. The predicted octanol–water partition coefficient (Wildman–Crippen LogP) is 3.95. The SMILES string of the molecule is CN(C(=O)c1ccncc1)c1ccc(CNc2snc(Cl)c2C#N)cc1. The van der Waals surface area contributed by atoms with Crippen molar-refractivity contribution in [3.8, 4) is 6.07 Å². The predicted molar refractivity (Wildman–Crippen MR) is 103 cm³/mol. The highest BCUT2D eigenvalue weighted by atomic mass is 35.5. The number of nitriles is 1. The Bertz CT molecular complexity index is 950. The van der Waals surface area contributed by atoms with Gasteiger partial charge in [0, 0.05) is 37.2 Å². The van der Waals surface area contributed by atoms with Gasteiger partial charge >= 0.3 is 0 Å². The molecule has 1 aromatic carbocycles. The topological polar surface area (TPSA) is 81.9 Å². The molecule has 0 saturated carbocycles. The lowest BCUT2D eigenvalue weighted by Crippen LogP contribution is -2.26. The summed E-state index contributed by atoms with van der Waals surface area (Å²) in [6.07, 6.45) is 3.19. The lowest BCUT2D eigenvalue weighted by atomic mass is 10.1. The Kier molecular flexibility index (Phi) is 5.46. The van der Waals surface area contributed by atoms with E-state index in [0.29, 0.717) is 22.7 Å². The average Bonchev–Trinajstić information content (AvgIpc) is 3.05. The van der Waals surface area contributed by atoms with Gasteiger partial charge in [0.25, 0.3) is 5.91 Å². The van der Waals surface area contributed by atoms with Crippen molar-refractivity contribution in [3.63, 3.8) is 0 Å². The van der Waals surface area contributed by atoms with E-state index in [1.54, 1.807) is 36.5 Å². The van der Waals surface area contributed by atoms with E-state index in [9.17, 15) is 4.79 Å². The van der Waals surface area contributed by atoms with Crippen molar-refractivity contribution in [1.29, 1.82) is 5.26 Å². The van der Waals surface area contributed by atoms with E-state index in [0.717, 1.165) is 22.8 Å². The van der Waals surface area contributed by atoms with Crippen LogP contribution in [0, 0.1) is 11.3 Å². The minimum absolute atomic E-state index is 0.101. The van der Waals surface area contributed by atoms with Crippen molar-refractivity contribution in [3.05, 3.63) is 70.6 Å². The molecule has 0 fully saturated rings. The second kappa shape index (κ2) is 7.95. The van der Waals surface area contributed by atoms with Crippen molar-refractivity contribution in [2.24, 2.45) is 0 Å². The van der Waals surface area contributed by atoms with Crippen LogP contribution in [0.2, 0.25) is 5.15 Å². The second-order valence-corrected chi connectivity index (χ2v) is 6.54. The molecule has 26 heavy (non-hydrogen) atoms. The molecule has 0 atom stereocenters. The van der Waals surface area contributed by atoms with E-state index in [1.807, 2.05) is 30.3 Å². The summed E-state index contributed by atoms with van der Waals surface area (Å²) in [5, 5.41) is 13.1. The van der Waals surface area contributed by atoms with Crippen LogP contribution in [0.25, 0.3) is 0 Å². The van der Waals surface area contributed by atoms with Gasteiger partial charge in [-0.25, -0.2) is 0 Å². The van der Waals surface area contributed by atoms with Crippen molar-refractivity contribution in [1.82, 2.24) is 9.36 Å². The maximum absolute atomic E-state index is 12.5. The van der Waals surface area contributed by atoms with E-state index in [4.69, 9.17) is 16.9 Å². The fourth-order valence-electron chi connectivity index (χ4n) is 2.31. The molecule has 0 spiro atoms. The standard InChI is InChI=1S/C18H14ClN5OS/c1-24(18(25)13-6-8-21-9-7-13)14-4-2-12(3-5-14)11-22-17-15(10-20)16(19)23-26-17/h2-9,22H,11H2,1H3. The highest BCUT2D eigenvalue weighted by Gasteiger charge is 2.14. The van der Waals surface area contributed by atoms with Gasteiger partial charge in [-0.1, -0.05) is 23.7 Å². The van der Waals surface area contributed by atoms with E-state index >= 15 is 0 Å². The zero-order valence-corrected chi connectivity index (χ0v) is 15.4. The van der Waals surface area contributed by atoms with Crippen LogP contribution in [0.15, 0.2) is 48.8 Å². The lowest BCUT2D eigenvalue weighted by molar-refractivity contribution is 0.0993. The van der Waals surface area contributed by atoms with Gasteiger partial charge in [0.2, 0.25) is 0 Å². The Balaban J connectivity index is 1.66. The van der Waals surface area contributed by atoms with Gasteiger partial charge in [0.1, 0.15) is 16.6 Å². The summed E-state index contributed by atoms with van der Waals surface area (Å²) >= 11 is 7.01. The van der Waals surface area contributed by atoms with Crippen molar-refractivity contribution in [2.75, 3.05) is 17.3 Å². The van der Waals surface area contributed by atoms with Gasteiger partial charge in [-0.15, -0.1) is 0 Å². The van der Waals surface area contributed by atoms with Crippen LogP contribution in [-0.2, 0) is 6.54 Å². The number of aromatic nitrogens is 2. The summed E-state index contributed by atoms with van der Waals surface area (Å²) < 4.78 is 3.96. The van der Waals surface area contributed by atoms with Gasteiger partial charge in [-0.2, -0.15) is 9.64 Å². The highest BCUT2D eigenvalue weighted by molar-refractivity contribution is 7.10. The van der Waals surface area contributed by atoms with E-state index in [1.165, 1.54) is 0 Å². The van der Waals surface area contributed by atoms with Crippen LogP contribution in [0.4, 0.5) is 10.7 Å². The number of halogens is 1. The molecule has 0 unspecified atom stereocenters. The number of hydrogen-bond acceptors (Lipinski definition) is 6. The summed E-state index contributed by atoms with van der Waals surface area (Å²) in [5.74, 6) is -0.101. The number of pyridine rings is 1. The van der Waals surface area contributed by atoms with E-state index in [-0.39, 0.29) is 11.1 Å². The van der Waals surface area contributed by atoms with Gasteiger partial charge in [-0.05, 0) is 41.4 Å². The van der Waals surface area contributed by atoms with Crippen LogP contribution in [0.3, 0.4) is 0 Å². The average molecular weight is 384 g/mol. The molecule has 0 aliphatic heterocycles. The Hall–Kier alpha value is -2.95. The molecule has 130 valence electrons. The Morgan fingerprint density at radius 1 is 1.27 bits per heavy atom. The number of carbonyl (C=O) groups is 1. The molecule has 3 aromatic rings. The molecule has 1 amide bonds. The van der Waals surface area contributed by atoms with Gasteiger partial charge < -0.3 is 10.2 Å². The molecule has 2 aromatic heterocycles. The molecule has 0 saturated heterocycles. The number of nitrogens with one attached hydrogen (secondary N) is 1. The number of nitrogens with zero attached hydrogens (tertiary/aromatic N) is 4. The van der Waals surface area contributed by atoms with Crippen LogP contribution in [-0.4, -0.2) is 22.3 Å². The number of rotatable bonds is 5. The number of benzene rings is 1. The monoisotopic (exact) mass is 383 g/mol. The fraction of sp³-hybridized carbons (Fsp3) is 0.111. The summed E-state index contributed by atoms with van der Waals surface area (Å²) in [4.78, 5) is 18.0. The molecule has 0 aliphatic carbocycles. The van der Waals surface area contributed by atoms with E-state index < -0.39 is 0 Å². The zero-order chi connectivity index (χ0) is 18.5. The number of hydrogen-bond donors (Lipinski definition) is 1. The van der Waals surface area contributed by atoms with E-state index in [2.05, 4.69) is 14.7 Å². The van der Waals surface area contributed by atoms with Crippen LogP contribution in [0.1, 0.15) is 21.5 Å². The third-order valence-electron chi connectivity index (χ3n) is 3.77. The zero-order valence-electron chi connectivity index (χ0n) is 13.8. The summed E-state index contributed by atoms with van der Waals surface area (Å²) in [6.45, 7) is 0.523. The summed E-state index contributed by atoms with van der Waals surface area (Å²) in [6, 6.07) is 13.0. The molecule has 0 radical (unpaired) electrons. The van der Waals surface area contributed by atoms with Crippen LogP contribution >= 0.6 is 23.1 Å². The fourth-order valence-corrected chi connectivity index (χ4v) is 3.24. The Morgan fingerprint density at radius 2 is 1.96 bits per heavy atom. The number of anilines is 2. The molecule has 1 N–H and O–H groups in total. The number of carbonyl (C=O) groups excluding carboxylic acids is 1. The Labute approximate surface area is 159 Å². The molecule has 2 heterocycles. The summed E-state index contributed by atoms with van der Waals surface area (Å²) in [5.41, 5.74) is 2.73. The second-order valence-electron chi connectivity index (χ2n) is 5.41. The highest BCUT2D eigenvalue weighted by Crippen LogP contribution is 2.28. The summed E-state index contributed by atoms with van der Waals surface area (Å²) in [7, 11) is 1.73.